The largest absolute Gasteiger partial charge is 0.391 e. The SMILES string of the molecule is Nc1cc2c(Br)cc(S)cc2s1. The summed E-state index contributed by atoms with van der Waals surface area (Å²) in [5.41, 5.74) is 5.68. The Morgan fingerprint density at radius 3 is 2.83 bits per heavy atom. The first-order chi connectivity index (χ1) is 5.66. The highest BCUT2D eigenvalue weighted by Crippen LogP contribution is 2.34. The van der Waals surface area contributed by atoms with Crippen LogP contribution in [0.2, 0.25) is 0 Å². The van der Waals surface area contributed by atoms with E-state index in [-0.39, 0.29) is 0 Å². The Bertz CT molecular complexity index is 436. The molecule has 0 aliphatic rings. The summed E-state index contributed by atoms with van der Waals surface area (Å²) in [6, 6.07) is 5.96. The van der Waals surface area contributed by atoms with Gasteiger partial charge < -0.3 is 5.73 Å². The fourth-order valence-corrected chi connectivity index (χ4v) is 3.23. The van der Waals surface area contributed by atoms with Gasteiger partial charge in [-0.25, -0.2) is 0 Å². The predicted octanol–water partition coefficient (Wildman–Crippen LogP) is 3.53. The number of hydrogen-bond acceptors (Lipinski definition) is 3. The number of nitrogen functional groups attached to an aromatic ring is 1. The number of halogens is 1. The van der Waals surface area contributed by atoms with E-state index < -0.39 is 0 Å². The normalized spacial score (nSPS) is 10.8. The molecular weight excluding hydrogens is 254 g/mol. The van der Waals surface area contributed by atoms with Gasteiger partial charge in [-0.05, 0) is 18.2 Å². The van der Waals surface area contributed by atoms with Crippen molar-refractivity contribution in [1.82, 2.24) is 0 Å². The summed E-state index contributed by atoms with van der Waals surface area (Å²) in [6.07, 6.45) is 0. The van der Waals surface area contributed by atoms with E-state index in [4.69, 9.17) is 5.73 Å². The fourth-order valence-electron chi connectivity index (χ4n) is 1.10. The fraction of sp³-hybridized carbons (Fsp3) is 0. The van der Waals surface area contributed by atoms with E-state index in [9.17, 15) is 0 Å². The van der Waals surface area contributed by atoms with Crippen LogP contribution in [0.25, 0.3) is 10.1 Å². The Hall–Kier alpha value is -0.190. The lowest BCUT2D eigenvalue weighted by Gasteiger charge is -1.94. The van der Waals surface area contributed by atoms with E-state index in [0.29, 0.717) is 0 Å². The van der Waals surface area contributed by atoms with Gasteiger partial charge in [0.25, 0.3) is 0 Å². The maximum absolute atomic E-state index is 5.68. The molecule has 0 aliphatic carbocycles. The molecule has 0 bridgehead atoms. The van der Waals surface area contributed by atoms with Crippen LogP contribution in [0.15, 0.2) is 27.6 Å². The molecule has 12 heavy (non-hydrogen) atoms. The van der Waals surface area contributed by atoms with Gasteiger partial charge in [-0.2, -0.15) is 0 Å². The molecular formula is C8H6BrNS2. The summed E-state index contributed by atoms with van der Waals surface area (Å²) >= 11 is 9.32. The van der Waals surface area contributed by atoms with Crippen LogP contribution in [0, 0.1) is 0 Å². The first kappa shape index (κ1) is 8.41. The lowest BCUT2D eigenvalue weighted by Crippen LogP contribution is -1.73. The Labute approximate surface area is 88.1 Å². The second-order valence-corrected chi connectivity index (χ2v) is 4.97. The van der Waals surface area contributed by atoms with Crippen molar-refractivity contribution < 1.29 is 0 Å². The Balaban J connectivity index is 2.88. The molecule has 0 atom stereocenters. The smallest absolute Gasteiger partial charge is 0.0869 e. The van der Waals surface area contributed by atoms with Crippen LogP contribution in [-0.4, -0.2) is 0 Å². The molecule has 4 heteroatoms. The summed E-state index contributed by atoms with van der Waals surface area (Å²) in [5, 5.41) is 2.00. The number of rotatable bonds is 0. The van der Waals surface area contributed by atoms with Crippen molar-refractivity contribution in [2.75, 3.05) is 5.73 Å². The number of nitrogens with two attached hydrogens (primary N) is 1. The summed E-state index contributed by atoms with van der Waals surface area (Å²) in [5.74, 6) is 0. The van der Waals surface area contributed by atoms with E-state index in [1.807, 2.05) is 18.2 Å². The third-order valence-corrected chi connectivity index (χ3v) is 3.42. The van der Waals surface area contributed by atoms with Gasteiger partial charge in [0.05, 0.1) is 5.00 Å². The molecule has 0 unspecified atom stereocenters. The topological polar surface area (TPSA) is 26.0 Å². The maximum atomic E-state index is 5.68. The molecule has 0 fully saturated rings. The van der Waals surface area contributed by atoms with Gasteiger partial charge in [0.1, 0.15) is 0 Å². The molecule has 0 aliphatic heterocycles. The number of anilines is 1. The second-order valence-electron chi connectivity index (χ2n) is 2.49. The molecule has 0 saturated carbocycles. The predicted molar refractivity (Wildman–Crippen MR) is 61.2 cm³/mol. The van der Waals surface area contributed by atoms with Gasteiger partial charge in [-0.3, -0.25) is 0 Å². The van der Waals surface area contributed by atoms with Gasteiger partial charge in [0, 0.05) is 19.5 Å². The molecule has 1 aromatic carbocycles. The Morgan fingerprint density at radius 2 is 2.08 bits per heavy atom. The Morgan fingerprint density at radius 1 is 1.33 bits per heavy atom. The second kappa shape index (κ2) is 2.94. The summed E-state index contributed by atoms with van der Waals surface area (Å²) in [6.45, 7) is 0. The molecule has 2 rings (SSSR count). The highest BCUT2D eigenvalue weighted by molar-refractivity contribution is 9.10. The number of benzene rings is 1. The number of hydrogen-bond donors (Lipinski definition) is 2. The van der Waals surface area contributed by atoms with Crippen molar-refractivity contribution >= 4 is 55.0 Å². The molecule has 0 spiro atoms. The highest BCUT2D eigenvalue weighted by atomic mass is 79.9. The molecule has 2 aromatic rings. The third-order valence-electron chi connectivity index (χ3n) is 1.59. The first-order valence-corrected chi connectivity index (χ1v) is 5.40. The minimum atomic E-state index is 0.838. The summed E-state index contributed by atoms with van der Waals surface area (Å²) < 4.78 is 2.23. The van der Waals surface area contributed by atoms with Crippen LogP contribution in [-0.2, 0) is 0 Å². The minimum Gasteiger partial charge on any atom is -0.391 e. The van der Waals surface area contributed by atoms with E-state index >= 15 is 0 Å². The standard InChI is InChI=1S/C8H6BrNS2/c9-6-1-4(11)2-7-5(6)3-8(10)12-7/h1-3,11H,10H2. The van der Waals surface area contributed by atoms with Crippen LogP contribution in [0.4, 0.5) is 5.00 Å². The zero-order valence-corrected chi connectivity index (χ0v) is 9.34. The van der Waals surface area contributed by atoms with Crippen molar-refractivity contribution in [3.8, 4) is 0 Å². The average molecular weight is 260 g/mol. The lowest BCUT2D eigenvalue weighted by molar-refractivity contribution is 1.52. The van der Waals surface area contributed by atoms with Gasteiger partial charge in [0.2, 0.25) is 0 Å². The van der Waals surface area contributed by atoms with E-state index in [2.05, 4.69) is 28.6 Å². The molecule has 0 saturated heterocycles. The van der Waals surface area contributed by atoms with Crippen molar-refractivity contribution in [3.05, 3.63) is 22.7 Å². The van der Waals surface area contributed by atoms with Gasteiger partial charge in [0.15, 0.2) is 0 Å². The van der Waals surface area contributed by atoms with Crippen LogP contribution >= 0.6 is 39.9 Å². The Kier molecular flexibility index (Phi) is 2.06. The van der Waals surface area contributed by atoms with Crippen LogP contribution in [0.5, 0.6) is 0 Å². The summed E-state index contributed by atoms with van der Waals surface area (Å²) in [7, 11) is 0. The molecule has 2 N–H and O–H groups in total. The number of thiol groups is 1. The average Bonchev–Trinajstić information content (AvgIpc) is 2.29. The summed E-state index contributed by atoms with van der Waals surface area (Å²) in [4.78, 5) is 0.955. The maximum Gasteiger partial charge on any atom is 0.0869 e. The monoisotopic (exact) mass is 259 g/mol. The molecule has 0 radical (unpaired) electrons. The van der Waals surface area contributed by atoms with E-state index in [1.54, 1.807) is 11.3 Å². The zero-order valence-electron chi connectivity index (χ0n) is 6.04. The third kappa shape index (κ3) is 1.34. The van der Waals surface area contributed by atoms with Crippen LogP contribution < -0.4 is 5.73 Å². The molecule has 0 amide bonds. The van der Waals surface area contributed by atoms with Crippen molar-refractivity contribution in [2.45, 2.75) is 4.90 Å². The quantitative estimate of drug-likeness (QED) is 0.696. The van der Waals surface area contributed by atoms with Crippen molar-refractivity contribution in [1.29, 1.82) is 0 Å². The molecule has 1 aromatic heterocycles. The van der Waals surface area contributed by atoms with E-state index in [1.165, 1.54) is 4.70 Å². The first-order valence-electron chi connectivity index (χ1n) is 3.34. The molecule has 1 nitrogen and oxygen atoms in total. The highest BCUT2D eigenvalue weighted by Gasteiger charge is 2.03. The number of fused-ring (bicyclic) bond motifs is 1. The van der Waals surface area contributed by atoms with Crippen molar-refractivity contribution in [2.24, 2.45) is 0 Å². The molecule has 62 valence electrons. The van der Waals surface area contributed by atoms with E-state index in [0.717, 1.165) is 19.8 Å². The zero-order chi connectivity index (χ0) is 8.72. The van der Waals surface area contributed by atoms with Gasteiger partial charge in [-0.1, -0.05) is 15.9 Å². The van der Waals surface area contributed by atoms with Crippen molar-refractivity contribution in [3.63, 3.8) is 0 Å². The van der Waals surface area contributed by atoms with Crippen LogP contribution in [0.1, 0.15) is 0 Å². The van der Waals surface area contributed by atoms with Crippen LogP contribution in [0.3, 0.4) is 0 Å². The molecule has 1 heterocycles. The minimum absolute atomic E-state index is 0.838. The lowest BCUT2D eigenvalue weighted by atomic mass is 10.3. The number of thiophene rings is 1. The van der Waals surface area contributed by atoms with Gasteiger partial charge >= 0.3 is 0 Å². The van der Waals surface area contributed by atoms with Gasteiger partial charge in [-0.15, -0.1) is 24.0 Å².